The van der Waals surface area contributed by atoms with Crippen LogP contribution in [0.1, 0.15) is 32.4 Å². The lowest BCUT2D eigenvalue weighted by molar-refractivity contribution is -0.132. The van der Waals surface area contributed by atoms with E-state index in [-0.39, 0.29) is 5.91 Å². The zero-order chi connectivity index (χ0) is 19.9. The second-order valence-corrected chi connectivity index (χ2v) is 7.40. The smallest absolute Gasteiger partial charge is 0.222 e. The first-order valence-corrected chi connectivity index (χ1v) is 10.2. The van der Waals surface area contributed by atoms with Gasteiger partial charge in [0.2, 0.25) is 5.91 Å². The van der Waals surface area contributed by atoms with Crippen molar-refractivity contribution in [1.82, 2.24) is 15.4 Å². The van der Waals surface area contributed by atoms with Gasteiger partial charge in [0.05, 0.1) is 12.8 Å². The number of benzene rings is 1. The fraction of sp³-hybridized carbons (Fsp3) is 0.545. The Morgan fingerprint density at radius 3 is 2.68 bits per heavy atom. The van der Waals surface area contributed by atoms with Crippen molar-refractivity contribution in [3.8, 4) is 17.1 Å². The number of rotatable bonds is 8. The summed E-state index contributed by atoms with van der Waals surface area (Å²) >= 11 is 0. The van der Waals surface area contributed by atoms with Gasteiger partial charge in [0.15, 0.2) is 5.76 Å². The number of nitrogens with zero attached hydrogens (tertiary/aromatic N) is 2. The molecule has 1 N–H and O–H groups in total. The predicted octanol–water partition coefficient (Wildman–Crippen LogP) is 3.38. The van der Waals surface area contributed by atoms with Gasteiger partial charge in [0.25, 0.3) is 0 Å². The molecule has 1 aliphatic heterocycles. The SMILES string of the molecule is CCN(CC)C(=O)CC1CCNCC1Cc1cc(-c2ccc(OC)cc2)on1. The van der Waals surface area contributed by atoms with Crippen LogP contribution in [0.5, 0.6) is 5.75 Å². The molecule has 6 heteroatoms. The molecule has 1 aromatic heterocycles. The van der Waals surface area contributed by atoms with Crippen molar-refractivity contribution < 1.29 is 14.1 Å². The van der Waals surface area contributed by atoms with Crippen molar-refractivity contribution >= 4 is 5.91 Å². The molecule has 0 spiro atoms. The molecule has 2 atom stereocenters. The summed E-state index contributed by atoms with van der Waals surface area (Å²) in [5, 5.41) is 7.75. The van der Waals surface area contributed by atoms with Gasteiger partial charge in [-0.3, -0.25) is 4.79 Å². The van der Waals surface area contributed by atoms with Crippen LogP contribution in [0.3, 0.4) is 0 Å². The normalized spacial score (nSPS) is 19.4. The molecule has 2 aromatic rings. The van der Waals surface area contributed by atoms with Gasteiger partial charge >= 0.3 is 0 Å². The third-order valence-corrected chi connectivity index (χ3v) is 5.72. The molecule has 2 unspecified atom stereocenters. The fourth-order valence-corrected chi connectivity index (χ4v) is 3.98. The molecule has 3 rings (SSSR count). The van der Waals surface area contributed by atoms with Crippen LogP contribution in [0.15, 0.2) is 34.9 Å². The highest BCUT2D eigenvalue weighted by atomic mass is 16.5. The number of amides is 1. The average molecular weight is 386 g/mol. The minimum Gasteiger partial charge on any atom is -0.497 e. The fourth-order valence-electron chi connectivity index (χ4n) is 3.98. The maximum absolute atomic E-state index is 12.6. The zero-order valence-electron chi connectivity index (χ0n) is 17.1. The summed E-state index contributed by atoms with van der Waals surface area (Å²) in [6.07, 6.45) is 2.47. The third kappa shape index (κ3) is 4.93. The summed E-state index contributed by atoms with van der Waals surface area (Å²) < 4.78 is 10.8. The quantitative estimate of drug-likeness (QED) is 0.755. The highest BCUT2D eigenvalue weighted by molar-refractivity contribution is 5.76. The number of hydrogen-bond donors (Lipinski definition) is 1. The van der Waals surface area contributed by atoms with Gasteiger partial charge in [-0.1, -0.05) is 5.16 Å². The molecule has 2 heterocycles. The monoisotopic (exact) mass is 385 g/mol. The summed E-state index contributed by atoms with van der Waals surface area (Å²) in [4.78, 5) is 14.5. The van der Waals surface area contributed by atoms with Crippen molar-refractivity contribution in [2.45, 2.75) is 33.1 Å². The number of nitrogens with one attached hydrogen (secondary N) is 1. The Morgan fingerprint density at radius 1 is 1.25 bits per heavy atom. The minimum absolute atomic E-state index is 0.265. The Morgan fingerprint density at radius 2 is 2.00 bits per heavy atom. The zero-order valence-corrected chi connectivity index (χ0v) is 17.1. The van der Waals surface area contributed by atoms with E-state index in [0.29, 0.717) is 18.3 Å². The molecule has 152 valence electrons. The van der Waals surface area contributed by atoms with Crippen LogP contribution in [-0.4, -0.2) is 49.3 Å². The van der Waals surface area contributed by atoms with Gasteiger partial charge in [-0.05, 0) is 75.9 Å². The standard InChI is InChI=1S/C22H31N3O3/c1-4-25(5-2)22(26)13-17-10-11-23-15-18(17)12-19-14-21(28-24-19)16-6-8-20(27-3)9-7-16/h6-9,14,17-18,23H,4-5,10-13,15H2,1-3H3. The summed E-state index contributed by atoms with van der Waals surface area (Å²) in [5.74, 6) is 2.62. The molecule has 0 aliphatic carbocycles. The van der Waals surface area contributed by atoms with Crippen LogP contribution in [-0.2, 0) is 11.2 Å². The Labute approximate surface area is 167 Å². The van der Waals surface area contributed by atoms with Crippen molar-refractivity contribution in [3.63, 3.8) is 0 Å². The van der Waals surface area contributed by atoms with Crippen LogP contribution in [0.25, 0.3) is 11.3 Å². The van der Waals surface area contributed by atoms with Crippen LogP contribution >= 0.6 is 0 Å². The third-order valence-electron chi connectivity index (χ3n) is 5.72. The van der Waals surface area contributed by atoms with Crippen LogP contribution in [0.4, 0.5) is 0 Å². The highest BCUT2D eigenvalue weighted by Crippen LogP contribution is 2.29. The molecule has 1 aromatic carbocycles. The Hall–Kier alpha value is -2.34. The second kappa shape index (κ2) is 9.73. The molecular weight excluding hydrogens is 354 g/mol. The van der Waals surface area contributed by atoms with Crippen LogP contribution in [0.2, 0.25) is 0 Å². The maximum Gasteiger partial charge on any atom is 0.222 e. The number of carbonyl (C=O) groups is 1. The average Bonchev–Trinajstić information content (AvgIpc) is 3.19. The second-order valence-electron chi connectivity index (χ2n) is 7.40. The highest BCUT2D eigenvalue weighted by Gasteiger charge is 2.29. The van der Waals surface area contributed by atoms with Gasteiger partial charge in [-0.15, -0.1) is 0 Å². The summed E-state index contributed by atoms with van der Waals surface area (Å²) in [6, 6.07) is 9.78. The van der Waals surface area contributed by atoms with E-state index in [4.69, 9.17) is 9.26 Å². The first-order chi connectivity index (χ1) is 13.6. The van der Waals surface area contributed by atoms with Gasteiger partial charge in [-0.25, -0.2) is 0 Å². The van der Waals surface area contributed by atoms with Gasteiger partial charge in [0.1, 0.15) is 5.75 Å². The lowest BCUT2D eigenvalue weighted by Crippen LogP contribution is -2.41. The molecule has 6 nitrogen and oxygen atoms in total. The van der Waals surface area contributed by atoms with Gasteiger partial charge < -0.3 is 19.5 Å². The molecular formula is C22H31N3O3. The van der Waals surface area contributed by atoms with E-state index in [1.807, 2.05) is 49.1 Å². The number of hydrogen-bond acceptors (Lipinski definition) is 5. The van der Waals surface area contributed by atoms with E-state index in [0.717, 1.165) is 61.8 Å². The first kappa shape index (κ1) is 20.4. The Kier molecular flexibility index (Phi) is 7.09. The van der Waals surface area contributed by atoms with E-state index in [9.17, 15) is 4.79 Å². The van der Waals surface area contributed by atoms with E-state index < -0.39 is 0 Å². The summed E-state index contributed by atoms with van der Waals surface area (Å²) in [6.45, 7) is 7.53. The molecule has 1 amide bonds. The number of aromatic nitrogens is 1. The number of piperidine rings is 1. The van der Waals surface area contributed by atoms with E-state index in [1.54, 1.807) is 7.11 Å². The summed E-state index contributed by atoms with van der Waals surface area (Å²) in [5.41, 5.74) is 1.93. The lowest BCUT2D eigenvalue weighted by atomic mass is 9.81. The van der Waals surface area contributed by atoms with Crippen molar-refractivity contribution in [1.29, 1.82) is 0 Å². The van der Waals surface area contributed by atoms with Crippen molar-refractivity contribution in [3.05, 3.63) is 36.0 Å². The predicted molar refractivity (Wildman–Crippen MR) is 109 cm³/mol. The summed E-state index contributed by atoms with van der Waals surface area (Å²) in [7, 11) is 1.65. The molecule has 0 bridgehead atoms. The van der Waals surface area contributed by atoms with Crippen LogP contribution in [0, 0.1) is 11.8 Å². The van der Waals surface area contributed by atoms with Crippen molar-refractivity contribution in [2.75, 3.05) is 33.3 Å². The molecule has 1 saturated heterocycles. The largest absolute Gasteiger partial charge is 0.497 e. The van der Waals surface area contributed by atoms with Crippen LogP contribution < -0.4 is 10.1 Å². The Balaban J connectivity index is 1.65. The lowest BCUT2D eigenvalue weighted by Gasteiger charge is -2.32. The number of methoxy groups -OCH3 is 1. The van der Waals surface area contributed by atoms with Gasteiger partial charge in [0, 0.05) is 31.1 Å². The van der Waals surface area contributed by atoms with E-state index in [2.05, 4.69) is 10.5 Å². The molecule has 0 saturated carbocycles. The number of ether oxygens (including phenoxy) is 1. The topological polar surface area (TPSA) is 67.6 Å². The number of carbonyl (C=O) groups excluding carboxylic acids is 1. The van der Waals surface area contributed by atoms with E-state index in [1.165, 1.54) is 0 Å². The van der Waals surface area contributed by atoms with Gasteiger partial charge in [-0.2, -0.15) is 0 Å². The molecule has 1 fully saturated rings. The maximum atomic E-state index is 12.6. The van der Waals surface area contributed by atoms with E-state index >= 15 is 0 Å². The Bertz CT molecular complexity index is 753. The van der Waals surface area contributed by atoms with Crippen molar-refractivity contribution in [2.24, 2.45) is 11.8 Å². The molecule has 28 heavy (non-hydrogen) atoms. The molecule has 1 aliphatic rings. The molecule has 0 radical (unpaired) electrons. The first-order valence-electron chi connectivity index (χ1n) is 10.2. The minimum atomic E-state index is 0.265.